The summed E-state index contributed by atoms with van der Waals surface area (Å²) in [7, 11) is 2.29. The third kappa shape index (κ3) is 9.67. The lowest BCUT2D eigenvalue weighted by Gasteiger charge is -2.36. The highest BCUT2D eigenvalue weighted by molar-refractivity contribution is 7.36. The molecule has 0 radical (unpaired) electrons. The minimum Gasteiger partial charge on any atom is -0.344 e. The van der Waals surface area contributed by atoms with Crippen molar-refractivity contribution in [2.24, 2.45) is 23.2 Å². The lowest BCUT2D eigenvalue weighted by Crippen LogP contribution is -2.59. The van der Waals surface area contributed by atoms with Crippen molar-refractivity contribution >= 4 is 47.7 Å². The number of hydrogen-bond donors (Lipinski definition) is 4. The summed E-state index contributed by atoms with van der Waals surface area (Å²) in [4.78, 5) is 66.8. The average Bonchev–Trinajstić information content (AvgIpc) is 3.30. The third-order valence-electron chi connectivity index (χ3n) is 7.89. The van der Waals surface area contributed by atoms with Crippen LogP contribution in [0.15, 0.2) is 0 Å². The summed E-state index contributed by atoms with van der Waals surface area (Å²) < 4.78 is 0. The topological polar surface area (TPSA) is 137 Å². The van der Waals surface area contributed by atoms with Gasteiger partial charge in [-0.15, -0.1) is 0 Å². The Kier molecular flexibility index (Phi) is 13.1. The van der Waals surface area contributed by atoms with Crippen LogP contribution in [-0.4, -0.2) is 65.3 Å². The van der Waals surface area contributed by atoms with Crippen LogP contribution in [-0.2, 0) is 19.2 Å². The minimum atomic E-state index is -0.940. The van der Waals surface area contributed by atoms with Gasteiger partial charge in [0.2, 0.25) is 17.6 Å². The van der Waals surface area contributed by atoms with E-state index in [0.717, 1.165) is 38.3 Å². The first kappa shape index (κ1) is 33.4. The van der Waals surface area contributed by atoms with Gasteiger partial charge in [-0.2, -0.15) is 0 Å². The molecule has 2 rings (SSSR count). The van der Waals surface area contributed by atoms with Crippen LogP contribution in [0.5, 0.6) is 0 Å². The molecule has 6 atom stereocenters. The maximum atomic E-state index is 14.0. The number of carbonyl (C=O) groups is 5. The molecule has 0 aromatic carbocycles. The van der Waals surface area contributed by atoms with Crippen LogP contribution in [0, 0.1) is 23.2 Å². The van der Waals surface area contributed by atoms with E-state index in [4.69, 9.17) is 0 Å². The second-order valence-electron chi connectivity index (χ2n) is 12.4. The number of carbonyl (C=O) groups excluding carboxylic acids is 5. The van der Waals surface area contributed by atoms with Crippen LogP contribution in [0.25, 0.3) is 0 Å². The molecule has 2 aliphatic rings. The molecule has 0 aromatic heterocycles. The van der Waals surface area contributed by atoms with Crippen molar-refractivity contribution in [1.82, 2.24) is 25.7 Å². The van der Waals surface area contributed by atoms with Gasteiger partial charge < -0.3 is 25.7 Å². The highest BCUT2D eigenvalue weighted by Gasteiger charge is 2.46. The fourth-order valence-electron chi connectivity index (χ4n) is 5.02. The summed E-state index contributed by atoms with van der Waals surface area (Å²) in [5, 5.41) is 10.8. The number of hydrogen-bond acceptors (Lipinski definition) is 5. The van der Waals surface area contributed by atoms with Crippen LogP contribution in [0.2, 0.25) is 0 Å². The lowest BCUT2D eigenvalue weighted by molar-refractivity contribution is -0.143. The molecule has 10 nitrogen and oxygen atoms in total. The quantitative estimate of drug-likeness (QED) is 0.150. The Morgan fingerprint density at radius 3 is 2.26 bits per heavy atom. The molecule has 0 bridgehead atoms. The summed E-state index contributed by atoms with van der Waals surface area (Å²) >= 11 is 0. The maximum absolute atomic E-state index is 14.0. The molecule has 0 spiro atoms. The zero-order chi connectivity index (χ0) is 29.3. The van der Waals surface area contributed by atoms with E-state index in [1.165, 1.54) is 0 Å². The molecule has 39 heavy (non-hydrogen) atoms. The van der Waals surface area contributed by atoms with E-state index in [9.17, 15) is 24.0 Å². The SMILES string of the molecule is CCCCPNC(=O)N[C@H](C(=O)N1CC(C(C)C)C[C@H]1C(=O)NC(CC1CCC1)C(=O)C(=O)NP)C(C)(C)C. The van der Waals surface area contributed by atoms with Gasteiger partial charge in [-0.05, 0) is 66.7 Å². The zero-order valence-electron chi connectivity index (χ0n) is 24.4. The number of likely N-dealkylation sites (tertiary alicyclic amines) is 1. The van der Waals surface area contributed by atoms with E-state index < -0.39 is 47.2 Å². The van der Waals surface area contributed by atoms with Crippen molar-refractivity contribution in [3.63, 3.8) is 0 Å². The molecule has 1 heterocycles. The van der Waals surface area contributed by atoms with Gasteiger partial charge in [-0.1, -0.05) is 67.2 Å². The molecule has 0 aromatic rings. The Balaban J connectivity index is 2.23. The van der Waals surface area contributed by atoms with Gasteiger partial charge >= 0.3 is 6.03 Å². The van der Waals surface area contributed by atoms with E-state index in [0.29, 0.717) is 19.4 Å². The van der Waals surface area contributed by atoms with E-state index in [1.807, 2.05) is 30.2 Å². The molecule has 4 N–H and O–H groups in total. The first-order valence-corrected chi connectivity index (χ1v) is 16.0. The molecule has 4 unspecified atom stereocenters. The van der Waals surface area contributed by atoms with Gasteiger partial charge in [0.25, 0.3) is 5.91 Å². The number of amides is 5. The Morgan fingerprint density at radius 2 is 1.74 bits per heavy atom. The normalized spacial score (nSPS) is 21.4. The molecule has 12 heteroatoms. The third-order valence-corrected chi connectivity index (χ3v) is 9.16. The van der Waals surface area contributed by atoms with Gasteiger partial charge in [0.05, 0.1) is 6.04 Å². The number of ketones is 1. The summed E-state index contributed by atoms with van der Waals surface area (Å²) in [6, 6.07) is -2.97. The molecule has 222 valence electrons. The molecule has 5 amide bonds. The molecule has 1 saturated heterocycles. The highest BCUT2D eigenvalue weighted by atomic mass is 31.1. The van der Waals surface area contributed by atoms with Gasteiger partial charge in [-0.3, -0.25) is 19.2 Å². The number of Topliss-reactive ketones (excluding diaryl/α,β-unsaturated/α-hetero) is 1. The Bertz CT molecular complexity index is 890. The van der Waals surface area contributed by atoms with Crippen LogP contribution < -0.4 is 20.8 Å². The molecular formula is C27H49N5O5P2. The molecule has 2 fully saturated rings. The predicted molar refractivity (Wildman–Crippen MR) is 158 cm³/mol. The standard InChI is InChI=1S/C27H49N5O5P2/c1-7-8-12-39-31-26(37)29-22(27(4,5)6)25(36)32-15-18(16(2)3)14-20(32)23(34)28-19(13-17-10-9-11-17)21(33)24(35)30-38/h16-20,22,39H,7-15,38H2,1-6H3,(H,28,34)(H,30,35)(H2,29,31,37)/t18?,19?,20-,22+/m0/s1. The second kappa shape index (κ2) is 15.3. The monoisotopic (exact) mass is 585 g/mol. The van der Waals surface area contributed by atoms with E-state index in [-0.39, 0.29) is 32.4 Å². The van der Waals surface area contributed by atoms with Crippen LogP contribution in [0.1, 0.15) is 86.5 Å². The Morgan fingerprint density at radius 1 is 1.08 bits per heavy atom. The van der Waals surface area contributed by atoms with Crippen molar-refractivity contribution in [2.45, 2.75) is 105 Å². The summed E-state index contributed by atoms with van der Waals surface area (Å²) in [6.07, 6.45) is 6.81. The van der Waals surface area contributed by atoms with Crippen LogP contribution in [0.4, 0.5) is 4.79 Å². The predicted octanol–water partition coefficient (Wildman–Crippen LogP) is 3.12. The number of urea groups is 1. The maximum Gasteiger partial charge on any atom is 0.318 e. The number of nitrogens with one attached hydrogen (secondary N) is 4. The summed E-state index contributed by atoms with van der Waals surface area (Å²) in [6.45, 7) is 12.2. The van der Waals surface area contributed by atoms with Crippen LogP contribution >= 0.6 is 18.1 Å². The van der Waals surface area contributed by atoms with Crippen molar-refractivity contribution in [2.75, 3.05) is 12.7 Å². The van der Waals surface area contributed by atoms with Gasteiger partial charge in [0.15, 0.2) is 0 Å². The Labute approximate surface area is 237 Å². The summed E-state index contributed by atoms with van der Waals surface area (Å²) in [5.74, 6) is -1.60. The molecule has 1 saturated carbocycles. The fraction of sp³-hybridized carbons (Fsp3) is 0.815. The smallest absolute Gasteiger partial charge is 0.318 e. The lowest BCUT2D eigenvalue weighted by atomic mass is 9.80. The first-order valence-electron chi connectivity index (χ1n) is 14.2. The van der Waals surface area contributed by atoms with E-state index in [1.54, 1.807) is 4.90 Å². The average molecular weight is 586 g/mol. The number of rotatable bonds is 13. The minimum absolute atomic E-state index is 0.0887. The van der Waals surface area contributed by atoms with Crippen molar-refractivity contribution in [1.29, 1.82) is 0 Å². The largest absolute Gasteiger partial charge is 0.344 e. The van der Waals surface area contributed by atoms with E-state index in [2.05, 4.69) is 41.6 Å². The number of nitrogens with zero attached hydrogens (tertiary/aromatic N) is 1. The molecule has 1 aliphatic carbocycles. The Hall–Kier alpha value is -1.79. The van der Waals surface area contributed by atoms with Gasteiger partial charge in [-0.25, -0.2) is 4.79 Å². The number of unbranched alkanes of at least 4 members (excludes halogenated alkanes) is 1. The van der Waals surface area contributed by atoms with Crippen molar-refractivity contribution in [3.05, 3.63) is 0 Å². The molecular weight excluding hydrogens is 536 g/mol. The van der Waals surface area contributed by atoms with Crippen LogP contribution in [0.3, 0.4) is 0 Å². The highest BCUT2D eigenvalue weighted by Crippen LogP contribution is 2.33. The fourth-order valence-corrected chi connectivity index (χ4v) is 6.05. The summed E-state index contributed by atoms with van der Waals surface area (Å²) in [5.41, 5.74) is -0.600. The van der Waals surface area contributed by atoms with Gasteiger partial charge in [0, 0.05) is 6.54 Å². The first-order chi connectivity index (χ1) is 18.3. The van der Waals surface area contributed by atoms with E-state index >= 15 is 0 Å². The molecule has 1 aliphatic heterocycles. The van der Waals surface area contributed by atoms with Crippen molar-refractivity contribution < 1.29 is 24.0 Å². The van der Waals surface area contributed by atoms with Crippen molar-refractivity contribution in [3.8, 4) is 0 Å². The zero-order valence-corrected chi connectivity index (χ0v) is 26.5. The van der Waals surface area contributed by atoms with Gasteiger partial charge in [0.1, 0.15) is 12.1 Å². The second-order valence-corrected chi connectivity index (χ2v) is 13.7.